The lowest BCUT2D eigenvalue weighted by molar-refractivity contribution is 0.0669. The molecule has 1 aliphatic rings. The second-order valence-corrected chi connectivity index (χ2v) is 4.92. The maximum absolute atomic E-state index is 12.2. The van der Waals surface area contributed by atoms with Crippen LogP contribution in [0.25, 0.3) is 0 Å². The Morgan fingerprint density at radius 1 is 1.40 bits per heavy atom. The molecule has 0 N–H and O–H groups in total. The third kappa shape index (κ3) is 2.49. The minimum absolute atomic E-state index is 0.0486. The topological polar surface area (TPSA) is 60.2 Å². The van der Waals surface area contributed by atoms with E-state index >= 15 is 0 Å². The summed E-state index contributed by atoms with van der Waals surface area (Å²) in [6, 6.07) is 9.71. The Bertz CT molecular complexity index is 596. The van der Waals surface area contributed by atoms with Crippen molar-refractivity contribution >= 4 is 6.09 Å². The monoisotopic (exact) mass is 272 g/mol. The lowest BCUT2D eigenvalue weighted by atomic mass is 10.2. The van der Waals surface area contributed by atoms with E-state index in [9.17, 15) is 4.79 Å². The van der Waals surface area contributed by atoms with Crippen molar-refractivity contribution in [1.82, 2.24) is 19.9 Å². The van der Waals surface area contributed by atoms with Crippen LogP contribution >= 0.6 is 0 Å². The predicted molar refractivity (Wildman–Crippen MR) is 71.7 cm³/mol. The van der Waals surface area contributed by atoms with Crippen molar-refractivity contribution in [2.24, 2.45) is 0 Å². The second kappa shape index (κ2) is 5.32. The van der Waals surface area contributed by atoms with Gasteiger partial charge in [-0.25, -0.2) is 9.48 Å². The molecule has 0 saturated heterocycles. The van der Waals surface area contributed by atoms with Gasteiger partial charge in [0.1, 0.15) is 6.61 Å². The zero-order chi connectivity index (χ0) is 13.9. The Morgan fingerprint density at radius 3 is 3.00 bits per heavy atom. The number of amides is 1. The van der Waals surface area contributed by atoms with Gasteiger partial charge >= 0.3 is 6.09 Å². The van der Waals surface area contributed by atoms with Gasteiger partial charge in [-0.05, 0) is 12.5 Å². The molecule has 0 saturated carbocycles. The molecule has 6 nitrogen and oxygen atoms in total. The molecule has 3 rings (SSSR count). The van der Waals surface area contributed by atoms with Crippen LogP contribution in [0.5, 0.6) is 0 Å². The van der Waals surface area contributed by atoms with E-state index in [-0.39, 0.29) is 12.1 Å². The highest BCUT2D eigenvalue weighted by atomic mass is 16.6. The van der Waals surface area contributed by atoms with Gasteiger partial charge in [0.15, 0.2) is 0 Å². The molecule has 2 heterocycles. The van der Waals surface area contributed by atoms with Gasteiger partial charge in [0.2, 0.25) is 0 Å². The predicted octanol–water partition coefficient (Wildman–Crippen LogP) is 1.82. The normalized spacial score (nSPS) is 17.6. The SMILES string of the molecule is C[C@H]1Cn2nncc2CN1C(=O)OCc1ccccc1. The van der Waals surface area contributed by atoms with E-state index in [1.165, 1.54) is 0 Å². The number of nitrogens with zero attached hydrogens (tertiary/aromatic N) is 4. The third-order valence-electron chi connectivity index (χ3n) is 3.44. The van der Waals surface area contributed by atoms with Gasteiger partial charge in [-0.1, -0.05) is 35.5 Å². The Labute approximate surface area is 117 Å². The summed E-state index contributed by atoms with van der Waals surface area (Å²) in [6.45, 7) is 3.41. The summed E-state index contributed by atoms with van der Waals surface area (Å²) in [6.07, 6.45) is 1.39. The number of hydrogen-bond donors (Lipinski definition) is 0. The smallest absolute Gasteiger partial charge is 0.410 e. The molecule has 1 amide bonds. The van der Waals surface area contributed by atoms with Gasteiger partial charge in [0, 0.05) is 0 Å². The Kier molecular flexibility index (Phi) is 3.37. The Hall–Kier alpha value is -2.37. The number of hydrogen-bond acceptors (Lipinski definition) is 4. The van der Waals surface area contributed by atoms with Crippen LogP contribution in [0, 0.1) is 0 Å². The van der Waals surface area contributed by atoms with Gasteiger partial charge < -0.3 is 4.74 Å². The lowest BCUT2D eigenvalue weighted by Crippen LogP contribution is -2.45. The van der Waals surface area contributed by atoms with Crippen LogP contribution in [0.3, 0.4) is 0 Å². The van der Waals surface area contributed by atoms with Crippen molar-refractivity contribution in [3.05, 3.63) is 47.8 Å². The average Bonchev–Trinajstić information content (AvgIpc) is 2.92. The molecule has 20 heavy (non-hydrogen) atoms. The van der Waals surface area contributed by atoms with Gasteiger partial charge in [-0.3, -0.25) is 4.90 Å². The number of rotatable bonds is 2. The number of fused-ring (bicyclic) bond motifs is 1. The Morgan fingerprint density at radius 2 is 2.20 bits per heavy atom. The molecular weight excluding hydrogens is 256 g/mol. The molecule has 1 aromatic heterocycles. The molecule has 0 unspecified atom stereocenters. The van der Waals surface area contributed by atoms with Gasteiger partial charge in [-0.2, -0.15) is 0 Å². The van der Waals surface area contributed by atoms with Crippen LogP contribution in [0.4, 0.5) is 4.79 Å². The summed E-state index contributed by atoms with van der Waals surface area (Å²) in [5.74, 6) is 0. The molecule has 0 radical (unpaired) electrons. The quantitative estimate of drug-likeness (QED) is 0.836. The molecule has 6 heteroatoms. The molecular formula is C14H16N4O2. The number of benzene rings is 1. The van der Waals surface area contributed by atoms with Crippen molar-refractivity contribution in [3.63, 3.8) is 0 Å². The molecule has 0 spiro atoms. The standard InChI is InChI=1S/C14H16N4O2/c1-11-8-18-13(7-15-16-18)9-17(11)14(19)20-10-12-5-3-2-4-6-12/h2-7,11H,8-10H2,1H3/t11-/m0/s1. The van der Waals surface area contributed by atoms with Crippen LogP contribution < -0.4 is 0 Å². The molecule has 1 aliphatic heterocycles. The van der Waals surface area contributed by atoms with E-state index in [1.54, 1.807) is 11.1 Å². The number of carbonyl (C=O) groups excluding carboxylic acids is 1. The summed E-state index contributed by atoms with van der Waals surface area (Å²) in [4.78, 5) is 13.9. The first-order chi connectivity index (χ1) is 9.74. The van der Waals surface area contributed by atoms with Crippen LogP contribution in [-0.4, -0.2) is 32.0 Å². The summed E-state index contributed by atoms with van der Waals surface area (Å²) in [5, 5.41) is 7.84. The summed E-state index contributed by atoms with van der Waals surface area (Å²) in [7, 11) is 0. The van der Waals surface area contributed by atoms with E-state index in [1.807, 2.05) is 41.9 Å². The minimum Gasteiger partial charge on any atom is -0.445 e. The van der Waals surface area contributed by atoms with Gasteiger partial charge in [0.05, 0.1) is 31.0 Å². The van der Waals surface area contributed by atoms with Crippen molar-refractivity contribution in [2.45, 2.75) is 32.7 Å². The summed E-state index contributed by atoms with van der Waals surface area (Å²) >= 11 is 0. The van der Waals surface area contributed by atoms with Crippen molar-refractivity contribution < 1.29 is 9.53 Å². The van der Waals surface area contributed by atoms with Gasteiger partial charge in [0.25, 0.3) is 0 Å². The highest BCUT2D eigenvalue weighted by Crippen LogP contribution is 2.17. The summed E-state index contributed by atoms with van der Waals surface area (Å²) < 4.78 is 7.19. The van der Waals surface area contributed by atoms with Crippen molar-refractivity contribution in [1.29, 1.82) is 0 Å². The molecule has 104 valence electrons. The van der Waals surface area contributed by atoms with Crippen LogP contribution in [0.1, 0.15) is 18.2 Å². The first-order valence-corrected chi connectivity index (χ1v) is 6.59. The minimum atomic E-state index is -0.297. The average molecular weight is 272 g/mol. The number of ether oxygens (including phenoxy) is 1. The highest BCUT2D eigenvalue weighted by molar-refractivity contribution is 5.68. The first kappa shape index (κ1) is 12.7. The van der Waals surface area contributed by atoms with E-state index in [0.717, 1.165) is 11.3 Å². The number of carbonyl (C=O) groups is 1. The van der Waals surface area contributed by atoms with Gasteiger partial charge in [-0.15, -0.1) is 5.10 Å². The van der Waals surface area contributed by atoms with E-state index in [0.29, 0.717) is 19.7 Å². The molecule has 0 fully saturated rings. The van der Waals surface area contributed by atoms with Crippen molar-refractivity contribution in [3.8, 4) is 0 Å². The molecule has 2 aromatic rings. The van der Waals surface area contributed by atoms with Crippen LogP contribution in [0.15, 0.2) is 36.5 Å². The zero-order valence-electron chi connectivity index (χ0n) is 11.3. The fourth-order valence-corrected chi connectivity index (χ4v) is 2.28. The maximum atomic E-state index is 12.2. The maximum Gasteiger partial charge on any atom is 0.410 e. The fourth-order valence-electron chi connectivity index (χ4n) is 2.28. The fraction of sp³-hybridized carbons (Fsp3) is 0.357. The molecule has 0 aliphatic carbocycles. The van der Waals surface area contributed by atoms with Crippen LogP contribution in [-0.2, 0) is 24.4 Å². The van der Waals surface area contributed by atoms with Crippen molar-refractivity contribution in [2.75, 3.05) is 0 Å². The first-order valence-electron chi connectivity index (χ1n) is 6.59. The molecule has 1 atom stereocenters. The third-order valence-corrected chi connectivity index (χ3v) is 3.44. The largest absolute Gasteiger partial charge is 0.445 e. The van der Waals surface area contributed by atoms with E-state index < -0.39 is 0 Å². The van der Waals surface area contributed by atoms with Crippen LogP contribution in [0.2, 0.25) is 0 Å². The van der Waals surface area contributed by atoms with E-state index in [2.05, 4.69) is 10.3 Å². The molecule has 0 bridgehead atoms. The lowest BCUT2D eigenvalue weighted by Gasteiger charge is -2.32. The summed E-state index contributed by atoms with van der Waals surface area (Å²) in [5.41, 5.74) is 1.91. The molecule has 1 aromatic carbocycles. The zero-order valence-corrected chi connectivity index (χ0v) is 11.3. The highest BCUT2D eigenvalue weighted by Gasteiger charge is 2.28. The second-order valence-electron chi connectivity index (χ2n) is 4.92. The Balaban J connectivity index is 1.63. The van der Waals surface area contributed by atoms with E-state index in [4.69, 9.17) is 4.74 Å². The number of aromatic nitrogens is 3.